The smallest absolute Gasteiger partial charge is 0.253 e. The number of hydrogen-bond donors (Lipinski definition) is 1. The molecule has 1 aliphatic heterocycles. The Morgan fingerprint density at radius 3 is 2.47 bits per heavy atom. The number of fused-ring (bicyclic) bond motifs is 1. The van der Waals surface area contributed by atoms with Crippen molar-refractivity contribution in [1.82, 2.24) is 15.2 Å². The van der Waals surface area contributed by atoms with Crippen LogP contribution >= 0.6 is 0 Å². The SMILES string of the molecule is CCS(=O)(=O)c1ccc(CNC(=O)c2cnc3c(c2)CCN(CC2CCC(C)CC2)[C@H]3C(C)C)cc1. The molecule has 1 fully saturated rings. The predicted octanol–water partition coefficient (Wildman–Crippen LogP) is 5.19. The lowest BCUT2D eigenvalue weighted by Gasteiger charge is -2.41. The number of carbonyl (C=O) groups excluding carboxylic acids is 1. The number of nitrogens with zero attached hydrogens (tertiary/aromatic N) is 2. The zero-order valence-electron chi connectivity index (χ0n) is 22.2. The first-order valence-corrected chi connectivity index (χ1v) is 15.2. The minimum atomic E-state index is -3.22. The second-order valence-corrected chi connectivity index (χ2v) is 13.3. The maximum Gasteiger partial charge on any atom is 0.253 e. The Kier molecular flexibility index (Phi) is 8.51. The summed E-state index contributed by atoms with van der Waals surface area (Å²) in [7, 11) is -3.22. The van der Waals surface area contributed by atoms with Crippen molar-refractivity contribution in [2.45, 2.75) is 77.3 Å². The summed E-state index contributed by atoms with van der Waals surface area (Å²) in [5.74, 6) is 2.02. The van der Waals surface area contributed by atoms with E-state index in [1.807, 2.05) is 6.07 Å². The number of rotatable bonds is 8. The molecule has 2 aromatic rings. The summed E-state index contributed by atoms with van der Waals surface area (Å²) in [4.78, 5) is 20.7. The van der Waals surface area contributed by atoms with Gasteiger partial charge < -0.3 is 5.32 Å². The van der Waals surface area contributed by atoms with E-state index in [9.17, 15) is 13.2 Å². The first-order valence-electron chi connectivity index (χ1n) is 13.5. The van der Waals surface area contributed by atoms with Gasteiger partial charge in [-0.25, -0.2) is 8.42 Å². The van der Waals surface area contributed by atoms with Crippen LogP contribution in [0.25, 0.3) is 0 Å². The van der Waals surface area contributed by atoms with Crippen LogP contribution in [0.1, 0.15) is 86.6 Å². The fourth-order valence-corrected chi connectivity index (χ4v) is 6.62. The van der Waals surface area contributed by atoms with Crippen molar-refractivity contribution in [3.05, 3.63) is 58.9 Å². The van der Waals surface area contributed by atoms with Gasteiger partial charge >= 0.3 is 0 Å². The highest BCUT2D eigenvalue weighted by atomic mass is 32.2. The summed E-state index contributed by atoms with van der Waals surface area (Å²) in [6, 6.07) is 9.02. The highest BCUT2D eigenvalue weighted by Gasteiger charge is 2.33. The van der Waals surface area contributed by atoms with Crippen molar-refractivity contribution in [3.63, 3.8) is 0 Å². The molecule has 7 heteroatoms. The second-order valence-electron chi connectivity index (χ2n) is 11.1. The number of aromatic nitrogens is 1. The highest BCUT2D eigenvalue weighted by molar-refractivity contribution is 7.91. The summed E-state index contributed by atoms with van der Waals surface area (Å²) >= 11 is 0. The first-order chi connectivity index (χ1) is 17.2. The Bertz CT molecular complexity index is 1150. The molecule has 196 valence electrons. The van der Waals surface area contributed by atoms with Crippen molar-refractivity contribution >= 4 is 15.7 Å². The average Bonchev–Trinajstić information content (AvgIpc) is 2.88. The Labute approximate surface area is 216 Å². The largest absolute Gasteiger partial charge is 0.348 e. The van der Waals surface area contributed by atoms with E-state index in [-0.39, 0.29) is 11.7 Å². The fourth-order valence-electron chi connectivity index (χ4n) is 5.74. The first kappa shape index (κ1) is 26.8. The van der Waals surface area contributed by atoms with Crippen LogP contribution in [0.4, 0.5) is 0 Å². The molecular formula is C29H41N3O3S. The summed E-state index contributed by atoms with van der Waals surface area (Å²) in [6.45, 7) is 11.1. The molecule has 1 aliphatic carbocycles. The molecule has 1 saturated carbocycles. The molecular weight excluding hydrogens is 470 g/mol. The number of carbonyl (C=O) groups is 1. The Morgan fingerprint density at radius 2 is 1.83 bits per heavy atom. The molecule has 0 unspecified atom stereocenters. The van der Waals surface area contributed by atoms with Gasteiger partial charge in [-0.15, -0.1) is 0 Å². The maximum atomic E-state index is 12.9. The number of sulfone groups is 1. The molecule has 0 spiro atoms. The Morgan fingerprint density at radius 1 is 1.14 bits per heavy atom. The van der Waals surface area contributed by atoms with Gasteiger partial charge in [-0.3, -0.25) is 14.7 Å². The second kappa shape index (κ2) is 11.4. The van der Waals surface area contributed by atoms with Crippen LogP contribution in [0.2, 0.25) is 0 Å². The van der Waals surface area contributed by atoms with E-state index in [1.54, 1.807) is 37.4 Å². The lowest BCUT2D eigenvalue weighted by molar-refractivity contribution is 0.0945. The minimum absolute atomic E-state index is 0.0731. The summed E-state index contributed by atoms with van der Waals surface area (Å²) in [6.07, 6.45) is 7.99. The van der Waals surface area contributed by atoms with Gasteiger partial charge in [0, 0.05) is 25.8 Å². The minimum Gasteiger partial charge on any atom is -0.348 e. The van der Waals surface area contributed by atoms with Crippen molar-refractivity contribution in [1.29, 1.82) is 0 Å². The summed E-state index contributed by atoms with van der Waals surface area (Å²) < 4.78 is 24.0. The molecule has 6 nitrogen and oxygen atoms in total. The number of benzene rings is 1. The van der Waals surface area contributed by atoms with E-state index in [4.69, 9.17) is 4.98 Å². The van der Waals surface area contributed by atoms with Crippen molar-refractivity contribution in [2.75, 3.05) is 18.8 Å². The van der Waals surface area contributed by atoms with Gasteiger partial charge in [-0.1, -0.05) is 52.7 Å². The number of hydrogen-bond acceptors (Lipinski definition) is 5. The van der Waals surface area contributed by atoms with Gasteiger partial charge in [0.2, 0.25) is 0 Å². The quantitative estimate of drug-likeness (QED) is 0.528. The van der Waals surface area contributed by atoms with Crippen LogP contribution in [0.5, 0.6) is 0 Å². The lowest BCUT2D eigenvalue weighted by Crippen LogP contribution is -2.42. The molecule has 0 bridgehead atoms. The zero-order chi connectivity index (χ0) is 25.9. The number of pyridine rings is 1. The van der Waals surface area contributed by atoms with Gasteiger partial charge in [0.15, 0.2) is 9.84 Å². The summed E-state index contributed by atoms with van der Waals surface area (Å²) in [5, 5.41) is 2.96. The fraction of sp³-hybridized carbons (Fsp3) is 0.586. The topological polar surface area (TPSA) is 79.4 Å². The molecule has 1 aromatic carbocycles. The third-order valence-electron chi connectivity index (χ3n) is 7.98. The molecule has 1 N–H and O–H groups in total. The van der Waals surface area contributed by atoms with E-state index in [1.165, 1.54) is 31.2 Å². The van der Waals surface area contributed by atoms with Gasteiger partial charge in [-0.2, -0.15) is 0 Å². The Balaban J connectivity index is 1.41. The van der Waals surface area contributed by atoms with Crippen molar-refractivity contribution < 1.29 is 13.2 Å². The van der Waals surface area contributed by atoms with Crippen LogP contribution in [-0.2, 0) is 22.8 Å². The van der Waals surface area contributed by atoms with Gasteiger partial charge in [0.05, 0.1) is 27.9 Å². The molecule has 1 amide bonds. The Hall–Kier alpha value is -2.25. The molecule has 0 radical (unpaired) electrons. The van der Waals surface area contributed by atoms with Gasteiger partial charge in [0.25, 0.3) is 5.91 Å². The standard InChI is InChI=1S/C29H41N3O3S/c1-5-36(34,35)26-12-10-22(11-13-26)17-31-29(33)25-16-24-14-15-32(19-23-8-6-21(4)7-9-23)28(20(2)3)27(24)30-18-25/h10-13,16,18,20-21,23,28H,5-9,14-15,17,19H2,1-4H3,(H,31,33)/t21?,23?,28-/m0/s1. The third-order valence-corrected chi connectivity index (χ3v) is 9.73. The highest BCUT2D eigenvalue weighted by Crippen LogP contribution is 2.37. The van der Waals surface area contributed by atoms with Gasteiger partial charge in [-0.05, 0) is 66.3 Å². The molecule has 2 aliphatic rings. The normalized spacial score (nSPS) is 22.9. The zero-order valence-corrected chi connectivity index (χ0v) is 23.0. The van der Waals surface area contributed by atoms with E-state index >= 15 is 0 Å². The van der Waals surface area contributed by atoms with Crippen molar-refractivity contribution in [2.24, 2.45) is 17.8 Å². The van der Waals surface area contributed by atoms with Crippen LogP contribution in [0, 0.1) is 17.8 Å². The van der Waals surface area contributed by atoms with E-state index in [2.05, 4.69) is 31.0 Å². The van der Waals surface area contributed by atoms with Crippen molar-refractivity contribution in [3.8, 4) is 0 Å². The number of amides is 1. The molecule has 1 atom stereocenters. The summed E-state index contributed by atoms with van der Waals surface area (Å²) in [5.41, 5.74) is 3.75. The van der Waals surface area contributed by atoms with E-state index in [0.717, 1.165) is 42.6 Å². The predicted molar refractivity (Wildman–Crippen MR) is 144 cm³/mol. The number of nitrogens with one attached hydrogen (secondary N) is 1. The average molecular weight is 512 g/mol. The maximum absolute atomic E-state index is 12.9. The van der Waals surface area contributed by atoms with E-state index < -0.39 is 9.84 Å². The van der Waals surface area contributed by atoms with E-state index in [0.29, 0.717) is 29.0 Å². The van der Waals surface area contributed by atoms with Crippen LogP contribution in [0.15, 0.2) is 41.4 Å². The monoisotopic (exact) mass is 511 g/mol. The van der Waals surface area contributed by atoms with Crippen LogP contribution in [-0.4, -0.2) is 43.1 Å². The van der Waals surface area contributed by atoms with Crippen LogP contribution < -0.4 is 5.32 Å². The molecule has 36 heavy (non-hydrogen) atoms. The molecule has 2 heterocycles. The molecule has 0 saturated heterocycles. The lowest BCUT2D eigenvalue weighted by atomic mass is 9.81. The van der Waals surface area contributed by atoms with Crippen LogP contribution in [0.3, 0.4) is 0 Å². The molecule has 1 aromatic heterocycles. The van der Waals surface area contributed by atoms with Gasteiger partial charge in [0.1, 0.15) is 0 Å². The third kappa shape index (κ3) is 6.17. The molecule has 4 rings (SSSR count).